The van der Waals surface area contributed by atoms with Crippen LogP contribution >= 0.6 is 11.6 Å². The third-order valence-corrected chi connectivity index (χ3v) is 3.39. The molecule has 0 atom stereocenters. The van der Waals surface area contributed by atoms with Crippen LogP contribution in [-0.2, 0) is 6.54 Å². The fourth-order valence-electron chi connectivity index (χ4n) is 2.11. The number of nitrogens with one attached hydrogen (secondary N) is 1. The highest BCUT2D eigenvalue weighted by Gasteiger charge is 2.08. The Labute approximate surface area is 133 Å². The number of anilines is 1. The van der Waals surface area contributed by atoms with Crippen LogP contribution in [0.4, 0.5) is 5.82 Å². The summed E-state index contributed by atoms with van der Waals surface area (Å²) >= 11 is 5.89. The summed E-state index contributed by atoms with van der Waals surface area (Å²) in [5.74, 6) is 0.286. The third kappa shape index (κ3) is 3.54. The summed E-state index contributed by atoms with van der Waals surface area (Å²) in [7, 11) is 0. The van der Waals surface area contributed by atoms with Crippen LogP contribution in [0.15, 0.2) is 66.9 Å². The van der Waals surface area contributed by atoms with Crippen molar-refractivity contribution >= 4 is 23.3 Å². The molecule has 0 saturated heterocycles. The summed E-state index contributed by atoms with van der Waals surface area (Å²) < 4.78 is 1.78. The molecule has 2 aromatic carbocycles. The lowest BCUT2D eigenvalue weighted by atomic mass is 10.2. The number of carbonyl (C=O) groups is 1. The maximum absolute atomic E-state index is 12.1. The van der Waals surface area contributed by atoms with E-state index in [0.29, 0.717) is 22.9 Å². The number of hydrogen-bond donors (Lipinski definition) is 1. The number of rotatable bonds is 4. The summed E-state index contributed by atoms with van der Waals surface area (Å²) in [4.78, 5) is 12.1. The van der Waals surface area contributed by atoms with Gasteiger partial charge in [0.25, 0.3) is 5.91 Å². The minimum atomic E-state index is -0.229. The molecule has 0 unspecified atom stereocenters. The van der Waals surface area contributed by atoms with Crippen molar-refractivity contribution in [2.24, 2.45) is 0 Å². The molecule has 110 valence electrons. The molecule has 3 rings (SSSR count). The molecule has 0 saturated carbocycles. The second-order valence-electron chi connectivity index (χ2n) is 4.85. The van der Waals surface area contributed by atoms with Crippen LogP contribution in [0, 0.1) is 0 Å². The number of benzene rings is 2. The molecule has 1 amide bonds. The van der Waals surface area contributed by atoms with E-state index >= 15 is 0 Å². The molecular weight excluding hydrogens is 298 g/mol. The van der Waals surface area contributed by atoms with E-state index in [0.717, 1.165) is 5.56 Å². The van der Waals surface area contributed by atoms with Crippen molar-refractivity contribution in [3.05, 3.63) is 83.0 Å². The Hall–Kier alpha value is -2.59. The lowest BCUT2D eigenvalue weighted by Crippen LogP contribution is -2.12. The first-order chi connectivity index (χ1) is 10.7. The van der Waals surface area contributed by atoms with Crippen LogP contribution in [0.2, 0.25) is 5.02 Å². The first-order valence-electron chi connectivity index (χ1n) is 6.85. The van der Waals surface area contributed by atoms with E-state index < -0.39 is 0 Å². The largest absolute Gasteiger partial charge is 0.305 e. The van der Waals surface area contributed by atoms with E-state index in [-0.39, 0.29) is 5.91 Å². The standard InChI is InChI=1S/C17H14ClN3O/c18-15-8-4-7-14(11-15)17(22)19-16-9-10-21(20-16)12-13-5-2-1-3-6-13/h1-11H,12H2,(H,19,20,22). The van der Waals surface area contributed by atoms with Crippen molar-refractivity contribution in [2.45, 2.75) is 6.54 Å². The molecule has 0 bridgehead atoms. The molecule has 0 aliphatic carbocycles. The monoisotopic (exact) mass is 311 g/mol. The lowest BCUT2D eigenvalue weighted by molar-refractivity contribution is 0.102. The molecule has 0 fully saturated rings. The normalized spacial score (nSPS) is 10.4. The fraction of sp³-hybridized carbons (Fsp3) is 0.0588. The van der Waals surface area contributed by atoms with Gasteiger partial charge in [0.15, 0.2) is 5.82 Å². The van der Waals surface area contributed by atoms with Crippen LogP contribution in [0.25, 0.3) is 0 Å². The van der Waals surface area contributed by atoms with Crippen molar-refractivity contribution < 1.29 is 4.79 Å². The van der Waals surface area contributed by atoms with Gasteiger partial charge in [-0.2, -0.15) is 5.10 Å². The van der Waals surface area contributed by atoms with Gasteiger partial charge in [-0.1, -0.05) is 48.0 Å². The number of nitrogens with zero attached hydrogens (tertiary/aromatic N) is 2. The van der Waals surface area contributed by atoms with Crippen molar-refractivity contribution in [2.75, 3.05) is 5.32 Å². The Bertz CT molecular complexity index is 783. The Morgan fingerprint density at radius 1 is 1.09 bits per heavy atom. The second-order valence-corrected chi connectivity index (χ2v) is 5.29. The number of halogens is 1. The molecule has 0 spiro atoms. The number of aromatic nitrogens is 2. The van der Waals surface area contributed by atoms with Gasteiger partial charge in [0.2, 0.25) is 0 Å². The molecule has 22 heavy (non-hydrogen) atoms. The number of carbonyl (C=O) groups excluding carboxylic acids is 1. The van der Waals surface area contributed by atoms with E-state index in [1.54, 1.807) is 35.0 Å². The van der Waals surface area contributed by atoms with Crippen molar-refractivity contribution in [3.8, 4) is 0 Å². The fourth-order valence-corrected chi connectivity index (χ4v) is 2.30. The van der Waals surface area contributed by atoms with Gasteiger partial charge in [-0.3, -0.25) is 9.48 Å². The summed E-state index contributed by atoms with van der Waals surface area (Å²) in [6.45, 7) is 0.661. The second kappa shape index (κ2) is 6.45. The van der Waals surface area contributed by atoms with Gasteiger partial charge in [0.05, 0.1) is 6.54 Å². The van der Waals surface area contributed by atoms with Gasteiger partial charge in [-0.25, -0.2) is 0 Å². The highest BCUT2D eigenvalue weighted by atomic mass is 35.5. The van der Waals surface area contributed by atoms with E-state index in [4.69, 9.17) is 11.6 Å². The van der Waals surface area contributed by atoms with E-state index in [9.17, 15) is 4.79 Å². The molecule has 0 radical (unpaired) electrons. The molecule has 1 aromatic heterocycles. The SMILES string of the molecule is O=C(Nc1ccn(Cc2ccccc2)n1)c1cccc(Cl)c1. The summed E-state index contributed by atoms with van der Waals surface area (Å²) in [5, 5.41) is 7.64. The zero-order chi connectivity index (χ0) is 15.4. The van der Waals surface area contributed by atoms with Crippen molar-refractivity contribution in [1.82, 2.24) is 9.78 Å². The van der Waals surface area contributed by atoms with Crippen LogP contribution in [0.1, 0.15) is 15.9 Å². The first-order valence-corrected chi connectivity index (χ1v) is 7.23. The molecule has 4 nitrogen and oxygen atoms in total. The smallest absolute Gasteiger partial charge is 0.256 e. The Morgan fingerprint density at radius 3 is 2.68 bits per heavy atom. The molecule has 1 heterocycles. The van der Waals surface area contributed by atoms with Gasteiger partial charge in [0.1, 0.15) is 0 Å². The van der Waals surface area contributed by atoms with Crippen LogP contribution in [-0.4, -0.2) is 15.7 Å². The molecule has 0 aliphatic heterocycles. The van der Waals surface area contributed by atoms with Crippen LogP contribution in [0.3, 0.4) is 0 Å². The van der Waals surface area contributed by atoms with Gasteiger partial charge in [0, 0.05) is 22.8 Å². The molecular formula is C17H14ClN3O. The molecule has 0 aliphatic rings. The maximum atomic E-state index is 12.1. The number of amides is 1. The lowest BCUT2D eigenvalue weighted by Gasteiger charge is -2.03. The predicted octanol–water partition coefficient (Wildman–Crippen LogP) is 3.84. The number of hydrogen-bond acceptors (Lipinski definition) is 2. The Balaban J connectivity index is 1.68. The third-order valence-electron chi connectivity index (χ3n) is 3.16. The molecule has 3 aromatic rings. The molecule has 5 heteroatoms. The van der Waals surface area contributed by atoms with Gasteiger partial charge in [-0.15, -0.1) is 0 Å². The Morgan fingerprint density at radius 2 is 1.91 bits per heavy atom. The highest BCUT2D eigenvalue weighted by molar-refractivity contribution is 6.31. The van der Waals surface area contributed by atoms with Gasteiger partial charge < -0.3 is 5.32 Å². The molecule has 1 N–H and O–H groups in total. The van der Waals surface area contributed by atoms with Crippen LogP contribution < -0.4 is 5.32 Å². The quantitative estimate of drug-likeness (QED) is 0.796. The average molecular weight is 312 g/mol. The van der Waals surface area contributed by atoms with E-state index in [1.165, 1.54) is 0 Å². The van der Waals surface area contributed by atoms with Crippen molar-refractivity contribution in [3.63, 3.8) is 0 Å². The van der Waals surface area contributed by atoms with E-state index in [1.807, 2.05) is 36.5 Å². The first kappa shape index (κ1) is 14.4. The zero-order valence-corrected chi connectivity index (χ0v) is 12.5. The van der Waals surface area contributed by atoms with Crippen molar-refractivity contribution in [1.29, 1.82) is 0 Å². The Kier molecular flexibility index (Phi) is 4.21. The summed E-state index contributed by atoms with van der Waals surface area (Å²) in [5.41, 5.74) is 1.66. The average Bonchev–Trinajstić information content (AvgIpc) is 2.95. The summed E-state index contributed by atoms with van der Waals surface area (Å²) in [6, 6.07) is 18.6. The topological polar surface area (TPSA) is 46.9 Å². The zero-order valence-electron chi connectivity index (χ0n) is 11.7. The minimum Gasteiger partial charge on any atom is -0.305 e. The van der Waals surface area contributed by atoms with Crippen LogP contribution in [0.5, 0.6) is 0 Å². The highest BCUT2D eigenvalue weighted by Crippen LogP contribution is 2.13. The van der Waals surface area contributed by atoms with Gasteiger partial charge >= 0.3 is 0 Å². The maximum Gasteiger partial charge on any atom is 0.256 e. The predicted molar refractivity (Wildman–Crippen MR) is 87.2 cm³/mol. The van der Waals surface area contributed by atoms with E-state index in [2.05, 4.69) is 10.4 Å². The minimum absolute atomic E-state index is 0.229. The van der Waals surface area contributed by atoms with Gasteiger partial charge in [-0.05, 0) is 23.8 Å². The summed E-state index contributed by atoms with van der Waals surface area (Å²) in [6.07, 6.45) is 1.83.